The Morgan fingerprint density at radius 1 is 1.42 bits per heavy atom. The van der Waals surface area contributed by atoms with Gasteiger partial charge in [0.1, 0.15) is 5.82 Å². The minimum Gasteiger partial charge on any atom is -0.335 e. The molecule has 0 spiro atoms. The van der Waals surface area contributed by atoms with Gasteiger partial charge in [-0.05, 0) is 59.3 Å². The van der Waals surface area contributed by atoms with E-state index in [1.54, 1.807) is 23.9 Å². The zero-order valence-electron chi connectivity index (χ0n) is 10.7. The van der Waals surface area contributed by atoms with Gasteiger partial charge in [0.25, 0.3) is 0 Å². The number of hydrogen-bond acceptors (Lipinski definition) is 3. The minimum atomic E-state index is -0.225. The van der Waals surface area contributed by atoms with Crippen molar-refractivity contribution in [1.82, 2.24) is 0 Å². The van der Waals surface area contributed by atoms with E-state index in [9.17, 15) is 4.39 Å². The molecule has 1 aromatic carbocycles. The Hall–Kier alpha value is -0.550. The number of fused-ring (bicyclic) bond motifs is 1. The van der Waals surface area contributed by atoms with Gasteiger partial charge >= 0.3 is 0 Å². The van der Waals surface area contributed by atoms with Gasteiger partial charge in [-0.2, -0.15) is 0 Å². The molecule has 0 bridgehead atoms. The first kappa shape index (κ1) is 13.4. The van der Waals surface area contributed by atoms with E-state index < -0.39 is 0 Å². The van der Waals surface area contributed by atoms with E-state index >= 15 is 0 Å². The van der Waals surface area contributed by atoms with Crippen molar-refractivity contribution in [2.75, 3.05) is 11.1 Å². The number of rotatable bonds is 1. The molecule has 0 saturated heterocycles. The molecule has 3 rings (SSSR count). The number of amidine groups is 1. The standard InChI is InChI=1S/C14H16BrFN2S/c1-8-5-11(16)10(15)6-13(8)18-14-17-12-4-2-3-9(12)7-19-14/h5-6,9,12H,2-4,7H2,1H3,(H,17,18). The maximum absolute atomic E-state index is 13.4. The van der Waals surface area contributed by atoms with Crippen molar-refractivity contribution < 1.29 is 4.39 Å². The Kier molecular flexibility index (Phi) is 3.85. The molecular formula is C14H16BrFN2S. The van der Waals surface area contributed by atoms with E-state index in [0.717, 1.165) is 28.1 Å². The fourth-order valence-corrected chi connectivity index (χ4v) is 4.22. The summed E-state index contributed by atoms with van der Waals surface area (Å²) in [6.45, 7) is 1.91. The molecule has 0 aromatic heterocycles. The summed E-state index contributed by atoms with van der Waals surface area (Å²) in [6, 6.07) is 3.82. The van der Waals surface area contributed by atoms with Crippen LogP contribution in [0.5, 0.6) is 0 Å². The third kappa shape index (κ3) is 2.82. The predicted octanol–water partition coefficient (Wildman–Crippen LogP) is 4.58. The first-order valence-electron chi connectivity index (χ1n) is 6.57. The van der Waals surface area contributed by atoms with E-state index in [4.69, 9.17) is 4.99 Å². The summed E-state index contributed by atoms with van der Waals surface area (Å²) < 4.78 is 13.9. The molecule has 1 aliphatic carbocycles. The van der Waals surface area contributed by atoms with Crippen LogP contribution in [0.2, 0.25) is 0 Å². The summed E-state index contributed by atoms with van der Waals surface area (Å²) in [5, 5.41) is 4.32. The van der Waals surface area contributed by atoms with Crippen molar-refractivity contribution in [2.24, 2.45) is 10.9 Å². The monoisotopic (exact) mass is 342 g/mol. The summed E-state index contributed by atoms with van der Waals surface area (Å²) in [5.74, 6) is 1.69. The molecule has 2 aliphatic rings. The second-order valence-corrected chi connectivity index (χ2v) is 7.07. The van der Waals surface area contributed by atoms with E-state index in [-0.39, 0.29) is 5.82 Å². The summed E-state index contributed by atoms with van der Waals surface area (Å²) in [5.41, 5.74) is 1.83. The highest BCUT2D eigenvalue weighted by molar-refractivity contribution is 9.10. The van der Waals surface area contributed by atoms with Crippen molar-refractivity contribution in [1.29, 1.82) is 0 Å². The predicted molar refractivity (Wildman–Crippen MR) is 83.5 cm³/mol. The van der Waals surface area contributed by atoms with Crippen LogP contribution in [0, 0.1) is 18.7 Å². The number of nitrogens with one attached hydrogen (secondary N) is 1. The molecule has 1 aromatic rings. The number of anilines is 1. The quantitative estimate of drug-likeness (QED) is 0.807. The lowest BCUT2D eigenvalue weighted by atomic mass is 10.1. The molecule has 1 aliphatic heterocycles. The molecule has 2 atom stereocenters. The zero-order valence-corrected chi connectivity index (χ0v) is 13.2. The Morgan fingerprint density at radius 3 is 3.11 bits per heavy atom. The van der Waals surface area contributed by atoms with Crippen molar-refractivity contribution >= 4 is 38.5 Å². The average Bonchev–Trinajstić information content (AvgIpc) is 2.83. The molecule has 102 valence electrons. The lowest BCUT2D eigenvalue weighted by molar-refractivity contribution is 0.535. The highest BCUT2D eigenvalue weighted by atomic mass is 79.9. The molecular weight excluding hydrogens is 327 g/mol. The first-order valence-corrected chi connectivity index (χ1v) is 8.34. The fourth-order valence-electron chi connectivity index (χ4n) is 2.72. The number of benzene rings is 1. The lowest BCUT2D eigenvalue weighted by Crippen LogP contribution is -2.25. The first-order chi connectivity index (χ1) is 9.13. The molecule has 2 nitrogen and oxygen atoms in total. The summed E-state index contributed by atoms with van der Waals surface area (Å²) >= 11 is 5.01. The van der Waals surface area contributed by atoms with Gasteiger partial charge in [-0.25, -0.2) is 4.39 Å². The number of aryl methyl sites for hydroxylation is 1. The minimum absolute atomic E-state index is 0.225. The van der Waals surface area contributed by atoms with Gasteiger partial charge in [0, 0.05) is 11.4 Å². The molecule has 19 heavy (non-hydrogen) atoms. The van der Waals surface area contributed by atoms with Crippen LogP contribution < -0.4 is 5.32 Å². The molecule has 5 heteroatoms. The van der Waals surface area contributed by atoms with Gasteiger partial charge in [0.05, 0.1) is 10.5 Å². The van der Waals surface area contributed by atoms with Crippen LogP contribution in [0.1, 0.15) is 24.8 Å². The molecule has 2 unspecified atom stereocenters. The normalized spacial score (nSPS) is 25.9. The van der Waals surface area contributed by atoms with E-state index in [0.29, 0.717) is 10.5 Å². The SMILES string of the molecule is Cc1cc(F)c(Br)cc1NC1=NC2CCCC2CS1. The molecule has 1 fully saturated rings. The van der Waals surface area contributed by atoms with E-state index in [1.807, 2.05) is 6.92 Å². The highest BCUT2D eigenvalue weighted by Crippen LogP contribution is 2.36. The van der Waals surface area contributed by atoms with Gasteiger partial charge in [-0.3, -0.25) is 4.99 Å². The van der Waals surface area contributed by atoms with Crippen molar-refractivity contribution in [2.45, 2.75) is 32.2 Å². The zero-order chi connectivity index (χ0) is 13.4. The van der Waals surface area contributed by atoms with Crippen LogP contribution >= 0.6 is 27.7 Å². The number of halogens is 2. The van der Waals surface area contributed by atoms with Gasteiger partial charge < -0.3 is 5.32 Å². The third-order valence-corrected chi connectivity index (χ3v) is 5.53. The molecule has 1 saturated carbocycles. The lowest BCUT2D eigenvalue weighted by Gasteiger charge is -2.24. The Morgan fingerprint density at radius 2 is 2.26 bits per heavy atom. The summed E-state index contributed by atoms with van der Waals surface area (Å²) in [6.07, 6.45) is 3.83. The number of aliphatic imine (C=N–C) groups is 1. The number of hydrogen-bond donors (Lipinski definition) is 1. The molecule has 0 amide bonds. The van der Waals surface area contributed by atoms with Gasteiger partial charge in [0.2, 0.25) is 0 Å². The second-order valence-electron chi connectivity index (χ2n) is 5.21. The van der Waals surface area contributed by atoms with E-state index in [1.165, 1.54) is 19.3 Å². The largest absolute Gasteiger partial charge is 0.335 e. The van der Waals surface area contributed by atoms with Crippen LogP contribution in [-0.4, -0.2) is 17.0 Å². The average molecular weight is 343 g/mol. The van der Waals surface area contributed by atoms with Gasteiger partial charge in [-0.15, -0.1) is 0 Å². The fraction of sp³-hybridized carbons (Fsp3) is 0.500. The Balaban J connectivity index is 1.80. The summed E-state index contributed by atoms with van der Waals surface area (Å²) in [7, 11) is 0. The molecule has 0 radical (unpaired) electrons. The highest BCUT2D eigenvalue weighted by Gasteiger charge is 2.31. The Bertz CT molecular complexity index is 532. The van der Waals surface area contributed by atoms with Gasteiger partial charge in [-0.1, -0.05) is 18.2 Å². The van der Waals surface area contributed by atoms with Crippen LogP contribution in [0.15, 0.2) is 21.6 Å². The van der Waals surface area contributed by atoms with Crippen molar-refractivity contribution in [3.05, 3.63) is 28.0 Å². The smallest absolute Gasteiger partial charge is 0.161 e. The maximum Gasteiger partial charge on any atom is 0.161 e. The van der Waals surface area contributed by atoms with Crippen LogP contribution in [0.3, 0.4) is 0 Å². The number of nitrogens with zero attached hydrogens (tertiary/aromatic N) is 1. The summed E-state index contributed by atoms with van der Waals surface area (Å²) in [4.78, 5) is 4.79. The molecule has 1 heterocycles. The Labute approximate surface area is 125 Å². The maximum atomic E-state index is 13.4. The van der Waals surface area contributed by atoms with Crippen molar-refractivity contribution in [3.8, 4) is 0 Å². The number of thioether (sulfide) groups is 1. The van der Waals surface area contributed by atoms with Gasteiger partial charge in [0.15, 0.2) is 5.17 Å². The van der Waals surface area contributed by atoms with Crippen LogP contribution in [0.4, 0.5) is 10.1 Å². The van der Waals surface area contributed by atoms with Crippen LogP contribution in [-0.2, 0) is 0 Å². The second kappa shape index (κ2) is 5.44. The molecule has 1 N–H and O–H groups in total. The van der Waals surface area contributed by atoms with E-state index in [2.05, 4.69) is 21.2 Å². The topological polar surface area (TPSA) is 24.4 Å². The van der Waals surface area contributed by atoms with Crippen molar-refractivity contribution in [3.63, 3.8) is 0 Å². The van der Waals surface area contributed by atoms with Crippen LogP contribution in [0.25, 0.3) is 0 Å². The third-order valence-electron chi connectivity index (χ3n) is 3.85.